The van der Waals surface area contributed by atoms with Crippen LogP contribution >= 0.6 is 38.9 Å². The number of thiophene rings is 1. The van der Waals surface area contributed by atoms with E-state index in [2.05, 4.69) is 15.9 Å². The Morgan fingerprint density at radius 2 is 2.25 bits per heavy atom. The van der Waals surface area contributed by atoms with Gasteiger partial charge in [0.25, 0.3) is 0 Å². The molecule has 0 bridgehead atoms. The van der Waals surface area contributed by atoms with Gasteiger partial charge >= 0.3 is 0 Å². The fourth-order valence-electron chi connectivity index (χ4n) is 0.776. The van der Waals surface area contributed by atoms with Crippen molar-refractivity contribution in [2.24, 2.45) is 0 Å². The van der Waals surface area contributed by atoms with E-state index in [1.807, 2.05) is 11.4 Å². The molecule has 1 heterocycles. The molecule has 0 saturated carbocycles. The third-order valence-corrected chi connectivity index (χ3v) is 3.69. The summed E-state index contributed by atoms with van der Waals surface area (Å²) in [5.41, 5.74) is 0. The van der Waals surface area contributed by atoms with Crippen molar-refractivity contribution >= 4 is 38.9 Å². The van der Waals surface area contributed by atoms with Gasteiger partial charge in [0.1, 0.15) is 6.10 Å². The predicted molar refractivity (Wildman–Crippen MR) is 53.7 cm³/mol. The summed E-state index contributed by atoms with van der Waals surface area (Å²) in [5.74, 6) is 0.0332. The molecule has 0 radical (unpaired) electrons. The van der Waals surface area contributed by atoms with Crippen molar-refractivity contribution in [3.05, 3.63) is 20.8 Å². The van der Waals surface area contributed by atoms with Crippen LogP contribution in [0.1, 0.15) is 11.0 Å². The van der Waals surface area contributed by atoms with Crippen molar-refractivity contribution in [3.63, 3.8) is 0 Å². The van der Waals surface area contributed by atoms with E-state index in [4.69, 9.17) is 11.6 Å². The van der Waals surface area contributed by atoms with Crippen LogP contribution in [0.25, 0.3) is 0 Å². The number of rotatable bonds is 3. The molecule has 0 aliphatic rings. The Kier molecular flexibility index (Phi) is 3.99. The van der Waals surface area contributed by atoms with Crippen molar-refractivity contribution in [1.29, 1.82) is 0 Å². The van der Waals surface area contributed by atoms with Crippen molar-refractivity contribution in [2.45, 2.75) is 12.2 Å². The van der Waals surface area contributed by atoms with Crippen LogP contribution in [0.3, 0.4) is 0 Å². The molecule has 0 saturated heterocycles. The Bertz CT molecular complexity index is 253. The van der Waals surface area contributed by atoms with Gasteiger partial charge < -0.3 is 10.2 Å². The Balaban J connectivity index is 2.77. The van der Waals surface area contributed by atoms with Gasteiger partial charge in [0.15, 0.2) is 0 Å². The summed E-state index contributed by atoms with van der Waals surface area (Å²) < 4.78 is 0.809. The zero-order valence-electron chi connectivity index (χ0n) is 6.08. The summed E-state index contributed by atoms with van der Waals surface area (Å²) in [7, 11) is 0. The third kappa shape index (κ3) is 2.20. The highest BCUT2D eigenvalue weighted by Crippen LogP contribution is 2.30. The van der Waals surface area contributed by atoms with E-state index in [0.29, 0.717) is 4.88 Å². The van der Waals surface area contributed by atoms with E-state index >= 15 is 0 Å². The predicted octanol–water partition coefficient (Wildman–Crippen LogP) is 2.14. The standard InChI is InChI=1S/C7H8BrClO2S/c8-4-1-2-12-7(4)6(11)5(10)3-9/h1-2,5-6,10-11H,3H2. The van der Waals surface area contributed by atoms with E-state index in [1.165, 1.54) is 11.3 Å². The molecule has 2 unspecified atom stereocenters. The molecule has 0 spiro atoms. The van der Waals surface area contributed by atoms with Crippen LogP contribution in [-0.4, -0.2) is 22.2 Å². The average Bonchev–Trinajstić information content (AvgIpc) is 2.48. The van der Waals surface area contributed by atoms with Crippen molar-refractivity contribution in [2.75, 3.05) is 5.88 Å². The maximum atomic E-state index is 9.50. The molecule has 2 nitrogen and oxygen atoms in total. The van der Waals surface area contributed by atoms with Gasteiger partial charge in [-0.25, -0.2) is 0 Å². The summed E-state index contributed by atoms with van der Waals surface area (Å²) in [6.45, 7) is 0. The fraction of sp³-hybridized carbons (Fsp3) is 0.429. The first-order valence-electron chi connectivity index (χ1n) is 3.31. The van der Waals surface area contributed by atoms with E-state index < -0.39 is 12.2 Å². The highest BCUT2D eigenvalue weighted by atomic mass is 79.9. The molecule has 0 aliphatic carbocycles. The average molecular weight is 272 g/mol. The molecule has 1 aromatic rings. The van der Waals surface area contributed by atoms with Gasteiger partial charge in [-0.3, -0.25) is 0 Å². The highest BCUT2D eigenvalue weighted by molar-refractivity contribution is 9.10. The second-order valence-corrected chi connectivity index (χ2v) is 4.41. The number of hydrogen-bond acceptors (Lipinski definition) is 3. The molecule has 1 rings (SSSR count). The number of aliphatic hydroxyl groups excluding tert-OH is 2. The lowest BCUT2D eigenvalue weighted by molar-refractivity contribution is 0.0346. The van der Waals surface area contributed by atoms with Crippen molar-refractivity contribution < 1.29 is 10.2 Å². The van der Waals surface area contributed by atoms with Crippen LogP contribution < -0.4 is 0 Å². The quantitative estimate of drug-likeness (QED) is 0.827. The van der Waals surface area contributed by atoms with Gasteiger partial charge in [0, 0.05) is 9.35 Å². The number of halogens is 2. The summed E-state index contributed by atoms with van der Waals surface area (Å²) in [5, 5.41) is 20.6. The first-order valence-corrected chi connectivity index (χ1v) is 5.52. The largest absolute Gasteiger partial charge is 0.389 e. The zero-order valence-corrected chi connectivity index (χ0v) is 9.23. The maximum absolute atomic E-state index is 9.50. The smallest absolute Gasteiger partial charge is 0.116 e. The van der Waals surface area contributed by atoms with Gasteiger partial charge in [0.05, 0.1) is 12.0 Å². The molecule has 0 fully saturated rings. The van der Waals surface area contributed by atoms with E-state index in [0.717, 1.165) is 4.47 Å². The molecular formula is C7H8BrClO2S. The monoisotopic (exact) mass is 270 g/mol. The van der Waals surface area contributed by atoms with Gasteiger partial charge in [-0.1, -0.05) is 0 Å². The van der Waals surface area contributed by atoms with Crippen LogP contribution in [0.5, 0.6) is 0 Å². The van der Waals surface area contributed by atoms with Crippen LogP contribution in [0, 0.1) is 0 Å². The van der Waals surface area contributed by atoms with Gasteiger partial charge in [-0.15, -0.1) is 22.9 Å². The van der Waals surface area contributed by atoms with E-state index in [1.54, 1.807) is 0 Å². The van der Waals surface area contributed by atoms with Gasteiger partial charge in [-0.05, 0) is 27.4 Å². The van der Waals surface area contributed by atoms with E-state index in [-0.39, 0.29) is 5.88 Å². The number of hydrogen-bond donors (Lipinski definition) is 2. The first-order chi connectivity index (χ1) is 5.66. The SMILES string of the molecule is OC(CCl)C(O)c1sccc1Br. The summed E-state index contributed by atoms with van der Waals surface area (Å²) >= 11 is 10.0. The topological polar surface area (TPSA) is 40.5 Å². The lowest BCUT2D eigenvalue weighted by Crippen LogP contribution is -2.18. The van der Waals surface area contributed by atoms with Crippen LogP contribution in [-0.2, 0) is 0 Å². The molecule has 5 heteroatoms. The number of alkyl halides is 1. The molecular weight excluding hydrogens is 263 g/mol. The Hall–Kier alpha value is 0.390. The second-order valence-electron chi connectivity index (χ2n) is 2.30. The first kappa shape index (κ1) is 10.5. The molecule has 12 heavy (non-hydrogen) atoms. The fourth-order valence-corrected chi connectivity index (χ4v) is 2.59. The van der Waals surface area contributed by atoms with Crippen LogP contribution in [0.4, 0.5) is 0 Å². The van der Waals surface area contributed by atoms with Crippen LogP contribution in [0.2, 0.25) is 0 Å². The van der Waals surface area contributed by atoms with Crippen molar-refractivity contribution in [1.82, 2.24) is 0 Å². The highest BCUT2D eigenvalue weighted by Gasteiger charge is 2.20. The number of aliphatic hydroxyl groups is 2. The minimum atomic E-state index is -0.901. The normalized spacial score (nSPS) is 16.0. The zero-order chi connectivity index (χ0) is 9.14. The summed E-state index contributed by atoms with van der Waals surface area (Å²) in [6, 6.07) is 1.82. The lowest BCUT2D eigenvalue weighted by atomic mass is 10.2. The molecule has 2 atom stereocenters. The second kappa shape index (κ2) is 4.58. The molecule has 0 amide bonds. The minimum Gasteiger partial charge on any atom is -0.389 e. The van der Waals surface area contributed by atoms with Gasteiger partial charge in [0.2, 0.25) is 0 Å². The van der Waals surface area contributed by atoms with Gasteiger partial charge in [-0.2, -0.15) is 0 Å². The third-order valence-electron chi connectivity index (χ3n) is 1.44. The molecule has 1 aromatic heterocycles. The van der Waals surface area contributed by atoms with Crippen molar-refractivity contribution in [3.8, 4) is 0 Å². The molecule has 68 valence electrons. The summed E-state index contributed by atoms with van der Waals surface area (Å²) in [4.78, 5) is 0.711. The molecule has 0 aromatic carbocycles. The lowest BCUT2D eigenvalue weighted by Gasteiger charge is -2.13. The maximum Gasteiger partial charge on any atom is 0.116 e. The van der Waals surface area contributed by atoms with Crippen LogP contribution in [0.15, 0.2) is 15.9 Å². The Labute approximate surface area is 87.9 Å². The Morgan fingerprint density at radius 1 is 1.58 bits per heavy atom. The Morgan fingerprint density at radius 3 is 2.67 bits per heavy atom. The minimum absolute atomic E-state index is 0.0332. The van der Waals surface area contributed by atoms with E-state index in [9.17, 15) is 10.2 Å². The molecule has 2 N–H and O–H groups in total. The summed E-state index contributed by atoms with van der Waals surface area (Å²) in [6.07, 6.45) is -1.79. The molecule has 0 aliphatic heterocycles.